The van der Waals surface area contributed by atoms with Crippen LogP contribution in [-0.4, -0.2) is 51.1 Å². The minimum atomic E-state index is -0.674. The van der Waals surface area contributed by atoms with Gasteiger partial charge in [-0.1, -0.05) is 12.1 Å². The van der Waals surface area contributed by atoms with Gasteiger partial charge in [-0.2, -0.15) is 0 Å². The highest BCUT2D eigenvalue weighted by Crippen LogP contribution is 2.19. The Kier molecular flexibility index (Phi) is 6.92. The molecule has 0 N–H and O–H groups in total. The summed E-state index contributed by atoms with van der Waals surface area (Å²) in [6.07, 6.45) is 0. The topological polar surface area (TPSA) is 89.3 Å². The largest absolute Gasteiger partial charge is 0.482 e. The number of nitrogens with zero attached hydrogens (tertiary/aromatic N) is 2. The van der Waals surface area contributed by atoms with E-state index in [0.29, 0.717) is 17.9 Å². The number of ether oxygens (including phenoxy) is 2. The van der Waals surface area contributed by atoms with Gasteiger partial charge in [-0.3, -0.25) is 4.79 Å². The molecule has 8 nitrogen and oxygen atoms in total. The molecule has 3 rings (SSSR count). The fourth-order valence-corrected chi connectivity index (χ4v) is 2.83. The molecule has 1 heterocycles. The van der Waals surface area contributed by atoms with Crippen LogP contribution in [0, 0.1) is 0 Å². The van der Waals surface area contributed by atoms with Crippen LogP contribution in [0.5, 0.6) is 5.75 Å². The summed E-state index contributed by atoms with van der Waals surface area (Å²) >= 11 is 0. The van der Waals surface area contributed by atoms with Crippen LogP contribution in [0.15, 0.2) is 63.8 Å². The van der Waals surface area contributed by atoms with Crippen LogP contribution in [0.25, 0.3) is 11.0 Å². The zero-order valence-electron chi connectivity index (χ0n) is 17.7. The molecule has 1 amide bonds. The van der Waals surface area contributed by atoms with E-state index in [2.05, 4.69) is 0 Å². The van der Waals surface area contributed by atoms with E-state index in [9.17, 15) is 14.4 Å². The first-order valence-corrected chi connectivity index (χ1v) is 9.64. The van der Waals surface area contributed by atoms with E-state index in [1.165, 1.54) is 17.0 Å². The molecule has 2 aromatic carbocycles. The van der Waals surface area contributed by atoms with Crippen LogP contribution in [0.3, 0.4) is 0 Å². The molecule has 0 aliphatic rings. The summed E-state index contributed by atoms with van der Waals surface area (Å²) in [7, 11) is 5.57. The second-order valence-electron chi connectivity index (χ2n) is 7.21. The van der Waals surface area contributed by atoms with E-state index in [1.807, 2.05) is 43.3 Å². The first kappa shape index (κ1) is 21.9. The van der Waals surface area contributed by atoms with Crippen LogP contribution in [0.1, 0.15) is 5.56 Å². The molecule has 0 bridgehead atoms. The molecule has 0 spiro atoms. The SMILES string of the molecule is CN(Cc1ccc(N(C)C)cc1)C(=O)COC(=O)COc1ccc2ccc(=O)oc2c1. The number of rotatable bonds is 8. The molecule has 0 aliphatic carbocycles. The van der Waals surface area contributed by atoms with Crippen molar-refractivity contribution in [2.24, 2.45) is 0 Å². The quantitative estimate of drug-likeness (QED) is 0.405. The number of hydrogen-bond acceptors (Lipinski definition) is 7. The average Bonchev–Trinajstić information content (AvgIpc) is 2.75. The van der Waals surface area contributed by atoms with Gasteiger partial charge in [0.15, 0.2) is 13.2 Å². The van der Waals surface area contributed by atoms with E-state index in [-0.39, 0.29) is 19.1 Å². The minimum Gasteiger partial charge on any atom is -0.482 e. The maximum Gasteiger partial charge on any atom is 0.344 e. The van der Waals surface area contributed by atoms with Gasteiger partial charge in [-0.15, -0.1) is 0 Å². The van der Waals surface area contributed by atoms with Gasteiger partial charge in [0, 0.05) is 50.9 Å². The molecule has 8 heteroatoms. The number of carbonyl (C=O) groups is 2. The van der Waals surface area contributed by atoms with Gasteiger partial charge in [0.2, 0.25) is 0 Å². The Labute approximate surface area is 179 Å². The summed E-state index contributed by atoms with van der Waals surface area (Å²) in [5, 5.41) is 0.736. The Morgan fingerprint density at radius 3 is 2.35 bits per heavy atom. The van der Waals surface area contributed by atoms with Crippen LogP contribution in [0.4, 0.5) is 5.69 Å². The highest BCUT2D eigenvalue weighted by atomic mass is 16.6. The third kappa shape index (κ3) is 6.08. The first-order valence-electron chi connectivity index (χ1n) is 9.64. The lowest BCUT2D eigenvalue weighted by molar-refractivity contribution is -0.153. The summed E-state index contributed by atoms with van der Waals surface area (Å²) < 4.78 is 15.5. The molecule has 162 valence electrons. The van der Waals surface area contributed by atoms with Gasteiger partial charge < -0.3 is 23.7 Å². The molecular formula is C23H24N2O6. The van der Waals surface area contributed by atoms with Crippen LogP contribution >= 0.6 is 0 Å². The normalized spacial score (nSPS) is 10.5. The van der Waals surface area contributed by atoms with Gasteiger partial charge in [0.1, 0.15) is 11.3 Å². The number of esters is 1. The maximum absolute atomic E-state index is 12.2. The lowest BCUT2D eigenvalue weighted by Crippen LogP contribution is -2.31. The Hall–Kier alpha value is -3.81. The number of anilines is 1. The lowest BCUT2D eigenvalue weighted by Gasteiger charge is -2.18. The number of benzene rings is 2. The molecule has 0 saturated carbocycles. The zero-order chi connectivity index (χ0) is 22.4. The first-order chi connectivity index (χ1) is 14.8. The fraction of sp³-hybridized carbons (Fsp3) is 0.261. The average molecular weight is 424 g/mol. The van der Waals surface area contributed by atoms with Crippen LogP contribution < -0.4 is 15.3 Å². The van der Waals surface area contributed by atoms with Crippen molar-refractivity contribution in [3.8, 4) is 5.75 Å². The maximum atomic E-state index is 12.2. The summed E-state index contributed by atoms with van der Waals surface area (Å²) in [6.45, 7) is -0.338. The predicted octanol–water partition coefficient (Wildman–Crippen LogP) is 2.44. The van der Waals surface area contributed by atoms with Gasteiger partial charge in [-0.05, 0) is 35.9 Å². The van der Waals surface area contributed by atoms with Crippen LogP contribution in [0.2, 0.25) is 0 Å². The molecule has 0 unspecified atom stereocenters. The Balaban J connectivity index is 1.45. The number of fused-ring (bicyclic) bond motifs is 1. The highest BCUT2D eigenvalue weighted by molar-refractivity contribution is 5.81. The van der Waals surface area contributed by atoms with E-state index < -0.39 is 11.6 Å². The molecule has 0 atom stereocenters. The number of amides is 1. The van der Waals surface area contributed by atoms with E-state index in [4.69, 9.17) is 13.9 Å². The summed E-state index contributed by atoms with van der Waals surface area (Å²) in [5.74, 6) is -0.646. The molecular weight excluding hydrogens is 400 g/mol. The molecule has 31 heavy (non-hydrogen) atoms. The standard InChI is InChI=1S/C23H24N2O6/c1-24(2)18-8-4-16(5-9-18)13-25(3)21(26)14-30-23(28)15-29-19-10-6-17-7-11-22(27)31-20(17)12-19/h4-12H,13-15H2,1-3H3. The van der Waals surface area contributed by atoms with Crippen LogP contribution in [-0.2, 0) is 20.9 Å². The molecule has 0 aliphatic heterocycles. The minimum absolute atomic E-state index is 0.322. The van der Waals surface area contributed by atoms with Crippen molar-refractivity contribution in [1.82, 2.24) is 4.90 Å². The third-order valence-electron chi connectivity index (χ3n) is 4.61. The third-order valence-corrected chi connectivity index (χ3v) is 4.61. The lowest BCUT2D eigenvalue weighted by atomic mass is 10.2. The van der Waals surface area contributed by atoms with Crippen molar-refractivity contribution < 1.29 is 23.5 Å². The summed E-state index contributed by atoms with van der Waals surface area (Å²) in [6, 6.07) is 15.7. The number of hydrogen-bond donors (Lipinski definition) is 0. The van der Waals surface area contributed by atoms with Crippen molar-refractivity contribution in [3.05, 3.63) is 70.6 Å². The fourth-order valence-electron chi connectivity index (χ4n) is 2.83. The molecule has 0 fully saturated rings. The second-order valence-corrected chi connectivity index (χ2v) is 7.21. The monoisotopic (exact) mass is 424 g/mol. The number of carbonyl (C=O) groups excluding carboxylic acids is 2. The van der Waals surface area contributed by atoms with E-state index in [0.717, 1.165) is 16.6 Å². The Morgan fingerprint density at radius 1 is 0.935 bits per heavy atom. The smallest absolute Gasteiger partial charge is 0.344 e. The van der Waals surface area contributed by atoms with Crippen molar-refractivity contribution in [2.75, 3.05) is 39.3 Å². The highest BCUT2D eigenvalue weighted by Gasteiger charge is 2.13. The molecule has 0 radical (unpaired) electrons. The molecule has 1 aromatic heterocycles. The van der Waals surface area contributed by atoms with Gasteiger partial charge in [0.05, 0.1) is 0 Å². The van der Waals surface area contributed by atoms with Gasteiger partial charge >= 0.3 is 11.6 Å². The van der Waals surface area contributed by atoms with Gasteiger partial charge in [-0.25, -0.2) is 9.59 Å². The van der Waals surface area contributed by atoms with Gasteiger partial charge in [0.25, 0.3) is 5.91 Å². The van der Waals surface area contributed by atoms with Crippen molar-refractivity contribution in [2.45, 2.75) is 6.54 Å². The van der Waals surface area contributed by atoms with E-state index in [1.54, 1.807) is 25.2 Å². The predicted molar refractivity (Wildman–Crippen MR) is 116 cm³/mol. The molecule has 3 aromatic rings. The van der Waals surface area contributed by atoms with E-state index >= 15 is 0 Å². The van der Waals surface area contributed by atoms with Crippen molar-refractivity contribution >= 4 is 28.5 Å². The number of likely N-dealkylation sites (N-methyl/N-ethyl adjacent to an activating group) is 1. The zero-order valence-corrected chi connectivity index (χ0v) is 17.7. The van der Waals surface area contributed by atoms with Crippen molar-refractivity contribution in [1.29, 1.82) is 0 Å². The second kappa shape index (κ2) is 9.80. The molecule has 0 saturated heterocycles. The Bertz CT molecular complexity index is 1120. The van der Waals surface area contributed by atoms with Crippen molar-refractivity contribution in [3.63, 3.8) is 0 Å². The summed E-state index contributed by atoms with van der Waals surface area (Å²) in [4.78, 5) is 38.9. The Morgan fingerprint density at radius 2 is 1.65 bits per heavy atom. The summed E-state index contributed by atoms with van der Waals surface area (Å²) in [5.41, 5.74) is 1.92.